The molecule has 1 aromatic heterocycles. The molecule has 0 bridgehead atoms. The van der Waals surface area contributed by atoms with Crippen molar-refractivity contribution in [2.24, 2.45) is 0 Å². The highest BCUT2D eigenvalue weighted by Gasteiger charge is 2.08. The van der Waals surface area contributed by atoms with Crippen LogP contribution in [0, 0.1) is 6.92 Å². The van der Waals surface area contributed by atoms with Crippen LogP contribution in [0.25, 0.3) is 0 Å². The predicted molar refractivity (Wildman–Crippen MR) is 80.3 cm³/mol. The van der Waals surface area contributed by atoms with E-state index in [9.17, 15) is 0 Å². The minimum Gasteiger partial charge on any atom is -0.304 e. The topological polar surface area (TPSA) is 24.9 Å². The maximum Gasteiger partial charge on any atom is 0.110 e. The summed E-state index contributed by atoms with van der Waals surface area (Å²) in [4.78, 5) is 5.81. The standard InChI is InChI=1S/C14H18N2S2/c1-10-9-18-14(16-10)11(2)15-8-12-4-6-13(17-3)7-5-12/h4-7,9,11,15H,8H2,1-3H3. The molecule has 0 spiro atoms. The molecule has 0 fully saturated rings. The summed E-state index contributed by atoms with van der Waals surface area (Å²) in [6, 6.07) is 9.00. The van der Waals surface area contributed by atoms with E-state index in [4.69, 9.17) is 0 Å². The molecule has 1 heterocycles. The zero-order chi connectivity index (χ0) is 13.0. The zero-order valence-corrected chi connectivity index (χ0v) is 12.6. The quantitative estimate of drug-likeness (QED) is 0.836. The molecule has 0 radical (unpaired) electrons. The van der Waals surface area contributed by atoms with Gasteiger partial charge in [0, 0.05) is 22.5 Å². The van der Waals surface area contributed by atoms with Crippen molar-refractivity contribution in [2.75, 3.05) is 6.26 Å². The predicted octanol–water partition coefficient (Wildman–Crippen LogP) is 4.02. The highest BCUT2D eigenvalue weighted by Crippen LogP contribution is 2.19. The molecule has 1 atom stereocenters. The van der Waals surface area contributed by atoms with Gasteiger partial charge in [-0.15, -0.1) is 23.1 Å². The largest absolute Gasteiger partial charge is 0.304 e. The van der Waals surface area contributed by atoms with Gasteiger partial charge in [0.1, 0.15) is 5.01 Å². The van der Waals surface area contributed by atoms with Crippen LogP contribution < -0.4 is 5.32 Å². The second-order valence-corrected chi connectivity index (χ2v) is 6.05. The molecule has 0 aliphatic carbocycles. The number of thioether (sulfide) groups is 1. The number of hydrogen-bond acceptors (Lipinski definition) is 4. The number of thiazole rings is 1. The van der Waals surface area contributed by atoms with Crippen LogP contribution in [-0.4, -0.2) is 11.2 Å². The Labute approximate surface area is 117 Å². The van der Waals surface area contributed by atoms with E-state index >= 15 is 0 Å². The van der Waals surface area contributed by atoms with Gasteiger partial charge in [-0.3, -0.25) is 0 Å². The second-order valence-electron chi connectivity index (χ2n) is 4.28. The van der Waals surface area contributed by atoms with E-state index in [-0.39, 0.29) is 0 Å². The molecular formula is C14H18N2S2. The average Bonchev–Trinajstić information content (AvgIpc) is 2.83. The second kappa shape index (κ2) is 6.36. The van der Waals surface area contributed by atoms with Crippen LogP contribution in [0.4, 0.5) is 0 Å². The molecular weight excluding hydrogens is 260 g/mol. The van der Waals surface area contributed by atoms with Crippen molar-refractivity contribution < 1.29 is 0 Å². The Balaban J connectivity index is 1.90. The van der Waals surface area contributed by atoms with Crippen LogP contribution in [-0.2, 0) is 6.54 Å². The van der Waals surface area contributed by atoms with Gasteiger partial charge in [-0.2, -0.15) is 0 Å². The van der Waals surface area contributed by atoms with Gasteiger partial charge in [-0.1, -0.05) is 12.1 Å². The third-order valence-electron chi connectivity index (χ3n) is 2.78. The van der Waals surface area contributed by atoms with E-state index in [1.54, 1.807) is 23.1 Å². The van der Waals surface area contributed by atoms with Crippen molar-refractivity contribution in [3.8, 4) is 0 Å². The van der Waals surface area contributed by atoms with Gasteiger partial charge in [0.15, 0.2) is 0 Å². The average molecular weight is 278 g/mol. The van der Waals surface area contributed by atoms with Gasteiger partial charge in [-0.05, 0) is 37.8 Å². The van der Waals surface area contributed by atoms with E-state index < -0.39 is 0 Å². The minimum atomic E-state index is 0.309. The van der Waals surface area contributed by atoms with Crippen molar-refractivity contribution in [3.63, 3.8) is 0 Å². The van der Waals surface area contributed by atoms with Gasteiger partial charge in [0.05, 0.1) is 6.04 Å². The van der Waals surface area contributed by atoms with Crippen LogP contribution in [0.1, 0.15) is 29.2 Å². The van der Waals surface area contributed by atoms with Crippen LogP contribution in [0.2, 0.25) is 0 Å². The number of aryl methyl sites for hydroxylation is 1. The Hall–Kier alpha value is -0.840. The Morgan fingerprint density at radius 2 is 2.06 bits per heavy atom. The first kappa shape index (κ1) is 13.6. The zero-order valence-electron chi connectivity index (χ0n) is 10.9. The molecule has 0 saturated carbocycles. The van der Waals surface area contributed by atoms with Crippen LogP contribution in [0.15, 0.2) is 34.5 Å². The van der Waals surface area contributed by atoms with Crippen molar-refractivity contribution in [2.45, 2.75) is 31.3 Å². The smallest absolute Gasteiger partial charge is 0.110 e. The third kappa shape index (κ3) is 3.57. The summed E-state index contributed by atoms with van der Waals surface area (Å²) in [5, 5.41) is 6.77. The van der Waals surface area contributed by atoms with Gasteiger partial charge < -0.3 is 5.32 Å². The van der Waals surface area contributed by atoms with Crippen molar-refractivity contribution in [1.82, 2.24) is 10.3 Å². The molecule has 0 saturated heterocycles. The van der Waals surface area contributed by atoms with Crippen LogP contribution >= 0.6 is 23.1 Å². The molecule has 0 aliphatic rings. The third-order valence-corrected chi connectivity index (χ3v) is 4.67. The van der Waals surface area contributed by atoms with Gasteiger partial charge >= 0.3 is 0 Å². The fraction of sp³-hybridized carbons (Fsp3) is 0.357. The maximum absolute atomic E-state index is 4.50. The summed E-state index contributed by atoms with van der Waals surface area (Å²) in [5.74, 6) is 0. The first-order valence-corrected chi connectivity index (χ1v) is 8.08. The van der Waals surface area contributed by atoms with E-state index in [1.165, 1.54) is 10.5 Å². The number of aromatic nitrogens is 1. The summed E-state index contributed by atoms with van der Waals surface area (Å²) >= 11 is 3.49. The molecule has 2 aromatic rings. The molecule has 4 heteroatoms. The van der Waals surface area contributed by atoms with E-state index in [0.29, 0.717) is 6.04 Å². The lowest BCUT2D eigenvalue weighted by atomic mass is 10.2. The summed E-state index contributed by atoms with van der Waals surface area (Å²) in [6.45, 7) is 5.08. The lowest BCUT2D eigenvalue weighted by Crippen LogP contribution is -2.17. The summed E-state index contributed by atoms with van der Waals surface area (Å²) < 4.78 is 0. The summed E-state index contributed by atoms with van der Waals surface area (Å²) in [7, 11) is 0. The monoisotopic (exact) mass is 278 g/mol. The molecule has 1 N–H and O–H groups in total. The van der Waals surface area contributed by atoms with E-state index in [2.05, 4.69) is 53.1 Å². The van der Waals surface area contributed by atoms with E-state index in [1.807, 2.05) is 6.92 Å². The fourth-order valence-electron chi connectivity index (χ4n) is 1.67. The van der Waals surface area contributed by atoms with E-state index in [0.717, 1.165) is 17.2 Å². The molecule has 0 amide bonds. The number of nitrogens with one attached hydrogen (secondary N) is 1. The van der Waals surface area contributed by atoms with Crippen molar-refractivity contribution in [1.29, 1.82) is 0 Å². The first-order valence-electron chi connectivity index (χ1n) is 5.97. The molecule has 1 unspecified atom stereocenters. The molecule has 2 nitrogen and oxygen atoms in total. The number of rotatable bonds is 5. The highest BCUT2D eigenvalue weighted by atomic mass is 32.2. The summed E-state index contributed by atoms with van der Waals surface area (Å²) in [5.41, 5.74) is 2.42. The Morgan fingerprint density at radius 3 is 2.61 bits per heavy atom. The molecule has 2 rings (SSSR count). The van der Waals surface area contributed by atoms with Crippen molar-refractivity contribution in [3.05, 3.63) is 45.9 Å². The Kier molecular flexibility index (Phi) is 4.80. The molecule has 1 aromatic carbocycles. The van der Waals surface area contributed by atoms with Gasteiger partial charge in [-0.25, -0.2) is 4.98 Å². The Morgan fingerprint density at radius 1 is 1.33 bits per heavy atom. The lowest BCUT2D eigenvalue weighted by Gasteiger charge is -2.11. The van der Waals surface area contributed by atoms with Crippen LogP contribution in [0.3, 0.4) is 0 Å². The normalized spacial score (nSPS) is 12.6. The lowest BCUT2D eigenvalue weighted by molar-refractivity contribution is 0.571. The molecule has 18 heavy (non-hydrogen) atoms. The Bertz CT molecular complexity index is 491. The molecule has 96 valence electrons. The van der Waals surface area contributed by atoms with Crippen molar-refractivity contribution >= 4 is 23.1 Å². The number of benzene rings is 1. The fourth-order valence-corrected chi connectivity index (χ4v) is 2.91. The highest BCUT2D eigenvalue weighted by molar-refractivity contribution is 7.98. The van der Waals surface area contributed by atoms with Gasteiger partial charge in [0.2, 0.25) is 0 Å². The van der Waals surface area contributed by atoms with Gasteiger partial charge in [0.25, 0.3) is 0 Å². The number of nitrogens with zero attached hydrogens (tertiary/aromatic N) is 1. The molecule has 0 aliphatic heterocycles. The van der Waals surface area contributed by atoms with Crippen LogP contribution in [0.5, 0.6) is 0 Å². The first-order chi connectivity index (χ1) is 8.69. The maximum atomic E-state index is 4.50. The minimum absolute atomic E-state index is 0.309. The summed E-state index contributed by atoms with van der Waals surface area (Å²) in [6.07, 6.45) is 2.10. The number of hydrogen-bond donors (Lipinski definition) is 1. The SMILES string of the molecule is CSc1ccc(CNC(C)c2nc(C)cs2)cc1.